The Hall–Kier alpha value is -2.78. The predicted octanol–water partition coefficient (Wildman–Crippen LogP) is -2.23. The van der Waals surface area contributed by atoms with E-state index in [0.717, 1.165) is 0 Å². The third-order valence-electron chi connectivity index (χ3n) is 4.68. The molecule has 0 aromatic carbocycles. The van der Waals surface area contributed by atoms with Crippen LogP contribution in [0.4, 0.5) is 0 Å². The first-order valence-electron chi connectivity index (χ1n) is 10.3. The van der Waals surface area contributed by atoms with Gasteiger partial charge in [-0.3, -0.25) is 19.2 Å². The number of carbonyl (C=O) groups is 5. The highest BCUT2D eigenvalue weighted by molar-refractivity contribution is 7.98. The van der Waals surface area contributed by atoms with Gasteiger partial charge in [0.25, 0.3) is 0 Å². The number of carboxylic acids is 1. The molecule has 0 spiro atoms. The topological polar surface area (TPSA) is 222 Å². The summed E-state index contributed by atoms with van der Waals surface area (Å²) in [6.07, 6.45) is 4.46. The molecule has 0 fully saturated rings. The zero-order valence-corrected chi connectivity index (χ0v) is 20.4. The lowest BCUT2D eigenvalue weighted by atomic mass is 10.1. The summed E-state index contributed by atoms with van der Waals surface area (Å²) in [7, 11) is 0. The van der Waals surface area contributed by atoms with Crippen LogP contribution >= 0.6 is 24.4 Å². The second kappa shape index (κ2) is 15.2. The van der Waals surface area contributed by atoms with E-state index in [1.54, 1.807) is 0 Å². The highest BCUT2D eigenvalue weighted by Crippen LogP contribution is 2.06. The minimum atomic E-state index is -1.39. The number of amides is 4. The molecule has 15 heteroatoms. The maximum absolute atomic E-state index is 13.0. The molecule has 1 aromatic rings. The molecule has 0 aliphatic heterocycles. The zero-order chi connectivity index (χ0) is 25.7. The second-order valence-electron chi connectivity index (χ2n) is 7.38. The Labute approximate surface area is 206 Å². The van der Waals surface area contributed by atoms with Gasteiger partial charge in [0, 0.05) is 30.5 Å². The highest BCUT2D eigenvalue weighted by atomic mass is 32.2. The van der Waals surface area contributed by atoms with Gasteiger partial charge in [-0.1, -0.05) is 0 Å². The number of nitrogens with one attached hydrogen (secondary N) is 4. The first-order valence-corrected chi connectivity index (χ1v) is 12.4. The first-order chi connectivity index (χ1) is 16.1. The van der Waals surface area contributed by atoms with Gasteiger partial charge in [-0.15, -0.1) is 0 Å². The maximum Gasteiger partial charge on any atom is 0.326 e. The molecule has 0 bridgehead atoms. The number of hydrogen-bond donors (Lipinski definition) is 8. The van der Waals surface area contributed by atoms with Crippen molar-refractivity contribution < 1.29 is 29.1 Å². The van der Waals surface area contributed by atoms with Gasteiger partial charge in [0.1, 0.15) is 18.1 Å². The van der Waals surface area contributed by atoms with Crippen LogP contribution in [0.5, 0.6) is 0 Å². The molecule has 1 rings (SSSR count). The molecule has 4 unspecified atom stereocenters. The minimum Gasteiger partial charge on any atom is -0.480 e. The Morgan fingerprint density at radius 3 is 2.24 bits per heavy atom. The number of hydrogen-bond acceptors (Lipinski definition) is 9. The number of H-pyrrole nitrogens is 1. The van der Waals surface area contributed by atoms with Crippen molar-refractivity contribution in [3.05, 3.63) is 18.2 Å². The van der Waals surface area contributed by atoms with E-state index >= 15 is 0 Å². The SMILES string of the molecule is CSCCC(NC(=O)C(N)CS)C(=O)NC(Cc1cnc[nH]1)C(=O)NC(CCC(N)=O)C(=O)O. The molecule has 9 N–H and O–H groups in total. The summed E-state index contributed by atoms with van der Waals surface area (Å²) in [4.78, 5) is 67.3. The Morgan fingerprint density at radius 1 is 1.09 bits per heavy atom. The average molecular weight is 518 g/mol. The lowest BCUT2D eigenvalue weighted by molar-refractivity contribution is -0.142. The van der Waals surface area contributed by atoms with Gasteiger partial charge in [0.15, 0.2) is 0 Å². The monoisotopic (exact) mass is 517 g/mol. The normalized spacial score (nSPS) is 14.3. The van der Waals surface area contributed by atoms with Crippen LogP contribution in [0.3, 0.4) is 0 Å². The van der Waals surface area contributed by atoms with Crippen LogP contribution in [0.15, 0.2) is 12.5 Å². The van der Waals surface area contributed by atoms with Crippen LogP contribution in [-0.4, -0.2) is 86.6 Å². The summed E-state index contributed by atoms with van der Waals surface area (Å²) in [6, 6.07) is -4.48. The Balaban J connectivity index is 3.03. The van der Waals surface area contributed by atoms with E-state index in [1.807, 2.05) is 6.26 Å². The number of thiol groups is 1. The van der Waals surface area contributed by atoms with Crippen molar-refractivity contribution in [3.63, 3.8) is 0 Å². The van der Waals surface area contributed by atoms with Gasteiger partial charge < -0.3 is 37.5 Å². The molecule has 1 aromatic heterocycles. The predicted molar refractivity (Wildman–Crippen MR) is 129 cm³/mol. The number of nitrogens with zero attached hydrogens (tertiary/aromatic N) is 1. The minimum absolute atomic E-state index is 0.0287. The van der Waals surface area contributed by atoms with E-state index in [1.165, 1.54) is 24.3 Å². The van der Waals surface area contributed by atoms with Crippen molar-refractivity contribution in [1.82, 2.24) is 25.9 Å². The van der Waals surface area contributed by atoms with E-state index in [2.05, 4.69) is 38.5 Å². The van der Waals surface area contributed by atoms with E-state index in [4.69, 9.17) is 11.5 Å². The van der Waals surface area contributed by atoms with Crippen LogP contribution in [0.25, 0.3) is 0 Å². The van der Waals surface area contributed by atoms with Crippen molar-refractivity contribution in [3.8, 4) is 0 Å². The molecule has 0 aliphatic rings. The van der Waals surface area contributed by atoms with Crippen LogP contribution in [0.1, 0.15) is 25.0 Å². The molecular formula is C19H31N7O6S2. The van der Waals surface area contributed by atoms with Gasteiger partial charge >= 0.3 is 5.97 Å². The number of carboxylic acid groups (broad SMARTS) is 1. The lowest BCUT2D eigenvalue weighted by Gasteiger charge is -2.25. The molecule has 0 radical (unpaired) electrons. The van der Waals surface area contributed by atoms with Crippen LogP contribution in [0.2, 0.25) is 0 Å². The molecular weight excluding hydrogens is 486 g/mol. The maximum atomic E-state index is 13.0. The summed E-state index contributed by atoms with van der Waals surface area (Å²) >= 11 is 5.44. The van der Waals surface area contributed by atoms with Crippen molar-refractivity contribution in [1.29, 1.82) is 0 Å². The largest absolute Gasteiger partial charge is 0.480 e. The third kappa shape index (κ3) is 10.4. The first kappa shape index (κ1) is 29.3. The van der Waals surface area contributed by atoms with E-state index in [0.29, 0.717) is 11.4 Å². The van der Waals surface area contributed by atoms with Crippen LogP contribution in [0, 0.1) is 0 Å². The number of nitrogens with two attached hydrogens (primary N) is 2. The Kier molecular flexibility index (Phi) is 13.1. The second-order valence-corrected chi connectivity index (χ2v) is 8.73. The summed E-state index contributed by atoms with van der Waals surface area (Å²) in [5.74, 6) is -3.45. The summed E-state index contributed by atoms with van der Waals surface area (Å²) < 4.78 is 0. The van der Waals surface area contributed by atoms with Crippen LogP contribution in [-0.2, 0) is 30.4 Å². The summed E-state index contributed by atoms with van der Waals surface area (Å²) in [5, 5.41) is 16.8. The van der Waals surface area contributed by atoms with Gasteiger partial charge in [-0.05, 0) is 24.9 Å². The lowest BCUT2D eigenvalue weighted by Crippen LogP contribution is -2.58. The fourth-order valence-electron chi connectivity index (χ4n) is 2.78. The van der Waals surface area contributed by atoms with Gasteiger partial charge in [-0.2, -0.15) is 24.4 Å². The van der Waals surface area contributed by atoms with Gasteiger partial charge in [0.2, 0.25) is 23.6 Å². The summed E-state index contributed by atoms with van der Waals surface area (Å²) in [6.45, 7) is 0. The molecule has 0 aliphatic carbocycles. The van der Waals surface area contributed by atoms with Gasteiger partial charge in [-0.25, -0.2) is 9.78 Å². The molecule has 34 heavy (non-hydrogen) atoms. The molecule has 190 valence electrons. The van der Waals surface area contributed by atoms with Crippen LogP contribution < -0.4 is 27.4 Å². The van der Waals surface area contributed by atoms with Crippen molar-refractivity contribution in [2.24, 2.45) is 11.5 Å². The molecule has 4 atom stereocenters. The quantitative estimate of drug-likeness (QED) is 0.111. The van der Waals surface area contributed by atoms with Crippen molar-refractivity contribution in [2.75, 3.05) is 17.8 Å². The molecule has 0 saturated carbocycles. The number of aliphatic carboxylic acids is 1. The van der Waals surface area contributed by atoms with Crippen molar-refractivity contribution in [2.45, 2.75) is 49.9 Å². The smallest absolute Gasteiger partial charge is 0.326 e. The van der Waals surface area contributed by atoms with E-state index < -0.39 is 53.8 Å². The zero-order valence-electron chi connectivity index (χ0n) is 18.7. The third-order valence-corrected chi connectivity index (χ3v) is 5.72. The Morgan fingerprint density at radius 2 is 1.71 bits per heavy atom. The number of primary amides is 1. The fourth-order valence-corrected chi connectivity index (χ4v) is 3.42. The average Bonchev–Trinajstić information content (AvgIpc) is 3.30. The number of imidazole rings is 1. The molecule has 4 amide bonds. The molecule has 0 saturated heterocycles. The Bertz CT molecular complexity index is 839. The summed E-state index contributed by atoms with van der Waals surface area (Å²) in [5.41, 5.74) is 11.3. The highest BCUT2D eigenvalue weighted by Gasteiger charge is 2.30. The van der Waals surface area contributed by atoms with Gasteiger partial charge in [0.05, 0.1) is 12.4 Å². The van der Waals surface area contributed by atoms with E-state index in [9.17, 15) is 29.1 Å². The molecule has 1 heterocycles. The number of carbonyl (C=O) groups excluding carboxylic acids is 4. The van der Waals surface area contributed by atoms with E-state index in [-0.39, 0.29) is 31.4 Å². The van der Waals surface area contributed by atoms with Crippen molar-refractivity contribution >= 4 is 54.0 Å². The number of aromatic nitrogens is 2. The fraction of sp³-hybridized carbons (Fsp3) is 0.579. The number of rotatable bonds is 16. The number of thioether (sulfide) groups is 1. The standard InChI is InChI=1S/C19H31N7O6S2/c1-34-5-4-12(24-16(28)11(20)8-33)17(29)26-14(6-10-7-22-9-23-10)18(30)25-13(19(31)32)2-3-15(21)27/h7,9,11-14,33H,2-6,8,20H2,1H3,(H2,21,27)(H,22,23)(H,24,28)(H,25,30)(H,26,29)(H,31,32). The molecule has 13 nitrogen and oxygen atoms in total. The number of aromatic amines is 1.